The summed E-state index contributed by atoms with van der Waals surface area (Å²) in [6.07, 6.45) is 4.58. The van der Waals surface area contributed by atoms with Gasteiger partial charge in [0.15, 0.2) is 5.65 Å². The standard InChI is InChI=1S/C17H18N10O2/c1-9-4-12(17(29)26(24-9)10-6-20-25(3)8-10)22-13-5-14(19-2)27-16(23-13)11(7-21-27)15(18)28/h4-8,19H,1-3H3,(H2,18,28)(H,22,23). The third-order valence-corrected chi connectivity index (χ3v) is 4.23. The van der Waals surface area contributed by atoms with Gasteiger partial charge in [-0.3, -0.25) is 14.3 Å². The second-order valence-corrected chi connectivity index (χ2v) is 6.35. The molecule has 0 aliphatic rings. The Bertz CT molecular complexity index is 1300. The Labute approximate surface area is 164 Å². The molecule has 0 radical (unpaired) electrons. The van der Waals surface area contributed by atoms with Crippen LogP contribution in [0.1, 0.15) is 16.1 Å². The van der Waals surface area contributed by atoms with E-state index in [2.05, 4.69) is 30.9 Å². The highest BCUT2D eigenvalue weighted by atomic mass is 16.1. The first-order chi connectivity index (χ1) is 13.9. The number of fused-ring (bicyclic) bond motifs is 1. The van der Waals surface area contributed by atoms with Crippen LogP contribution in [0.4, 0.5) is 17.3 Å². The predicted octanol–water partition coefficient (Wildman–Crippen LogP) is 0.201. The van der Waals surface area contributed by atoms with Crippen molar-refractivity contribution in [3.63, 3.8) is 0 Å². The summed E-state index contributed by atoms with van der Waals surface area (Å²) in [6, 6.07) is 3.28. The lowest BCUT2D eigenvalue weighted by molar-refractivity contribution is 0.100. The SMILES string of the molecule is CNc1cc(Nc2cc(C)nn(-c3cnn(C)c3)c2=O)nc2c(C(N)=O)cnn12. The first kappa shape index (κ1) is 18.2. The van der Waals surface area contributed by atoms with Gasteiger partial charge in [0.1, 0.15) is 28.6 Å². The van der Waals surface area contributed by atoms with Crippen LogP contribution < -0.4 is 21.9 Å². The molecule has 4 rings (SSSR count). The Morgan fingerprint density at radius 1 is 1.21 bits per heavy atom. The third kappa shape index (κ3) is 3.16. The molecular weight excluding hydrogens is 376 g/mol. The van der Waals surface area contributed by atoms with Crippen LogP contribution in [0.5, 0.6) is 0 Å². The summed E-state index contributed by atoms with van der Waals surface area (Å²) in [4.78, 5) is 29.0. The van der Waals surface area contributed by atoms with Crippen molar-refractivity contribution in [2.75, 3.05) is 17.7 Å². The average molecular weight is 394 g/mol. The van der Waals surface area contributed by atoms with E-state index in [1.165, 1.54) is 15.4 Å². The fraction of sp³-hybridized carbons (Fsp3) is 0.176. The number of nitrogens with zero attached hydrogens (tertiary/aromatic N) is 7. The molecule has 1 amide bonds. The molecule has 0 saturated carbocycles. The Hall–Kier alpha value is -4.22. The van der Waals surface area contributed by atoms with Gasteiger partial charge in [-0.05, 0) is 13.0 Å². The van der Waals surface area contributed by atoms with Crippen molar-refractivity contribution in [1.82, 2.24) is 34.2 Å². The minimum absolute atomic E-state index is 0.170. The molecule has 0 spiro atoms. The summed E-state index contributed by atoms with van der Waals surface area (Å²) in [6.45, 7) is 1.77. The van der Waals surface area contributed by atoms with E-state index in [1.54, 1.807) is 50.2 Å². The Kier molecular flexibility index (Phi) is 4.22. The largest absolute Gasteiger partial charge is 0.373 e. The number of hydrogen-bond donors (Lipinski definition) is 3. The lowest BCUT2D eigenvalue weighted by Gasteiger charge is -2.11. The normalized spacial score (nSPS) is 11.0. The van der Waals surface area contributed by atoms with Crippen molar-refractivity contribution < 1.29 is 4.79 Å². The van der Waals surface area contributed by atoms with Gasteiger partial charge in [0.05, 0.1) is 24.3 Å². The molecule has 0 aliphatic carbocycles. The number of aryl methyl sites for hydroxylation is 2. The number of aromatic nitrogens is 7. The van der Waals surface area contributed by atoms with Crippen molar-refractivity contribution in [2.45, 2.75) is 6.92 Å². The number of carbonyl (C=O) groups is 1. The monoisotopic (exact) mass is 394 g/mol. The molecule has 0 bridgehead atoms. The molecule has 0 atom stereocenters. The maximum Gasteiger partial charge on any atom is 0.295 e. The molecule has 29 heavy (non-hydrogen) atoms. The van der Waals surface area contributed by atoms with Gasteiger partial charge in [-0.25, -0.2) is 4.98 Å². The minimum atomic E-state index is -0.648. The molecule has 4 aromatic rings. The molecule has 0 aliphatic heterocycles. The number of anilines is 3. The van der Waals surface area contributed by atoms with E-state index in [-0.39, 0.29) is 22.5 Å². The van der Waals surface area contributed by atoms with Crippen molar-refractivity contribution in [3.05, 3.63) is 52.3 Å². The highest BCUT2D eigenvalue weighted by molar-refractivity contribution is 5.98. The van der Waals surface area contributed by atoms with Crippen LogP contribution in [0, 0.1) is 6.92 Å². The summed E-state index contributed by atoms with van der Waals surface area (Å²) < 4.78 is 4.30. The molecule has 4 heterocycles. The highest BCUT2D eigenvalue weighted by Gasteiger charge is 2.16. The number of hydrogen-bond acceptors (Lipinski definition) is 8. The van der Waals surface area contributed by atoms with E-state index in [0.29, 0.717) is 23.0 Å². The molecule has 0 fully saturated rings. The summed E-state index contributed by atoms with van der Waals surface area (Å²) in [5.74, 6) is 0.249. The van der Waals surface area contributed by atoms with Crippen LogP contribution in [0.25, 0.3) is 11.3 Å². The second-order valence-electron chi connectivity index (χ2n) is 6.35. The highest BCUT2D eigenvalue weighted by Crippen LogP contribution is 2.21. The number of primary amides is 1. The van der Waals surface area contributed by atoms with Gasteiger partial charge in [-0.1, -0.05) is 0 Å². The molecule has 4 aromatic heterocycles. The zero-order valence-electron chi connectivity index (χ0n) is 15.9. The number of rotatable bonds is 5. The van der Waals surface area contributed by atoms with Gasteiger partial charge in [-0.2, -0.15) is 24.5 Å². The molecule has 12 nitrogen and oxygen atoms in total. The van der Waals surface area contributed by atoms with E-state index in [1.807, 2.05) is 0 Å². The van der Waals surface area contributed by atoms with Gasteiger partial charge < -0.3 is 16.4 Å². The van der Waals surface area contributed by atoms with Gasteiger partial charge in [0.25, 0.3) is 11.5 Å². The topological polar surface area (TPSA) is 150 Å². The van der Waals surface area contributed by atoms with Crippen molar-refractivity contribution in [2.24, 2.45) is 12.8 Å². The minimum Gasteiger partial charge on any atom is -0.373 e. The second kappa shape index (κ2) is 6.74. The first-order valence-corrected chi connectivity index (χ1v) is 8.60. The lowest BCUT2D eigenvalue weighted by atomic mass is 10.3. The maximum absolute atomic E-state index is 12.9. The van der Waals surface area contributed by atoms with Gasteiger partial charge in [-0.15, -0.1) is 0 Å². The molecule has 0 saturated heterocycles. The van der Waals surface area contributed by atoms with Gasteiger partial charge >= 0.3 is 0 Å². The van der Waals surface area contributed by atoms with E-state index in [0.717, 1.165) is 0 Å². The number of nitrogens with two attached hydrogens (primary N) is 1. The smallest absolute Gasteiger partial charge is 0.295 e. The predicted molar refractivity (Wildman–Crippen MR) is 106 cm³/mol. The van der Waals surface area contributed by atoms with E-state index >= 15 is 0 Å². The van der Waals surface area contributed by atoms with Crippen molar-refractivity contribution in [3.8, 4) is 5.69 Å². The summed E-state index contributed by atoms with van der Waals surface area (Å²) in [5, 5.41) is 18.5. The van der Waals surface area contributed by atoms with Crippen LogP contribution in [0.15, 0.2) is 35.5 Å². The van der Waals surface area contributed by atoms with Crippen LogP contribution in [-0.2, 0) is 7.05 Å². The van der Waals surface area contributed by atoms with E-state index in [4.69, 9.17) is 5.73 Å². The van der Waals surface area contributed by atoms with Crippen LogP contribution in [0.2, 0.25) is 0 Å². The lowest BCUT2D eigenvalue weighted by Crippen LogP contribution is -2.24. The van der Waals surface area contributed by atoms with E-state index < -0.39 is 5.91 Å². The van der Waals surface area contributed by atoms with Crippen LogP contribution >= 0.6 is 0 Å². The molecule has 4 N–H and O–H groups in total. The zero-order chi connectivity index (χ0) is 20.7. The molecule has 0 unspecified atom stereocenters. The van der Waals surface area contributed by atoms with Crippen LogP contribution in [-0.4, -0.2) is 47.1 Å². The van der Waals surface area contributed by atoms with Crippen LogP contribution in [0.3, 0.4) is 0 Å². The Morgan fingerprint density at radius 3 is 2.66 bits per heavy atom. The van der Waals surface area contributed by atoms with Crippen molar-refractivity contribution >= 4 is 28.9 Å². The van der Waals surface area contributed by atoms with Gasteiger partial charge in [0, 0.05) is 20.2 Å². The zero-order valence-corrected chi connectivity index (χ0v) is 15.9. The molecule has 0 aromatic carbocycles. The quantitative estimate of drug-likeness (QED) is 0.434. The average Bonchev–Trinajstić information content (AvgIpc) is 3.30. The molecular formula is C17H18N10O2. The summed E-state index contributed by atoms with van der Waals surface area (Å²) in [7, 11) is 3.46. The Morgan fingerprint density at radius 2 is 2.00 bits per heavy atom. The molecule has 12 heteroatoms. The van der Waals surface area contributed by atoms with Gasteiger partial charge in [0.2, 0.25) is 0 Å². The first-order valence-electron chi connectivity index (χ1n) is 8.60. The number of carbonyl (C=O) groups excluding carboxylic acids is 1. The number of amides is 1. The molecule has 148 valence electrons. The number of nitrogens with one attached hydrogen (secondary N) is 2. The summed E-state index contributed by atoms with van der Waals surface area (Å²) in [5.41, 5.74) is 6.89. The third-order valence-electron chi connectivity index (χ3n) is 4.23. The fourth-order valence-electron chi connectivity index (χ4n) is 2.92. The maximum atomic E-state index is 12.9. The fourth-order valence-corrected chi connectivity index (χ4v) is 2.92. The van der Waals surface area contributed by atoms with E-state index in [9.17, 15) is 9.59 Å². The Balaban J connectivity index is 1.83. The summed E-state index contributed by atoms with van der Waals surface area (Å²) >= 11 is 0. The van der Waals surface area contributed by atoms with Crippen molar-refractivity contribution in [1.29, 1.82) is 0 Å².